The van der Waals surface area contributed by atoms with E-state index in [-0.39, 0.29) is 11.4 Å². The smallest absolute Gasteiger partial charge is 0.230 e. The van der Waals surface area contributed by atoms with E-state index in [1.807, 2.05) is 32.0 Å². The molecule has 0 spiro atoms. The molecule has 5 heteroatoms. The Morgan fingerprint density at radius 2 is 2.16 bits per heavy atom. The fourth-order valence-electron chi connectivity index (χ4n) is 1.54. The Bertz CT molecular complexity index is 545. The minimum atomic E-state index is -0.134. The summed E-state index contributed by atoms with van der Waals surface area (Å²) in [5, 5.41) is 3.03. The van der Waals surface area contributed by atoms with Crippen molar-refractivity contribution in [3.8, 4) is 0 Å². The molecule has 0 saturated heterocycles. The third kappa shape index (κ3) is 3.94. The molecule has 0 aliphatic carbocycles. The number of benzene rings is 1. The van der Waals surface area contributed by atoms with Crippen LogP contribution in [-0.2, 0) is 4.79 Å². The molecule has 1 heterocycles. The second-order valence-corrected chi connectivity index (χ2v) is 7.27. The lowest BCUT2D eigenvalue weighted by atomic mass is 10.0. The number of nitrogens with one attached hydrogen (secondary N) is 1. The molecule has 0 aliphatic rings. The van der Waals surface area contributed by atoms with Crippen LogP contribution in [0.2, 0.25) is 0 Å². The zero-order valence-corrected chi connectivity index (χ0v) is 13.0. The topological polar surface area (TPSA) is 42.0 Å². The van der Waals surface area contributed by atoms with E-state index in [4.69, 9.17) is 0 Å². The lowest BCUT2D eigenvalue weighted by Gasteiger charge is -2.24. The first-order valence-corrected chi connectivity index (χ1v) is 8.10. The summed E-state index contributed by atoms with van der Waals surface area (Å²) in [7, 11) is 0. The van der Waals surface area contributed by atoms with Crippen LogP contribution in [0.3, 0.4) is 0 Å². The van der Waals surface area contributed by atoms with E-state index in [1.54, 1.807) is 11.3 Å². The number of para-hydroxylation sites is 1. The molecule has 0 saturated carbocycles. The summed E-state index contributed by atoms with van der Waals surface area (Å²) in [4.78, 5) is 16.4. The van der Waals surface area contributed by atoms with Gasteiger partial charge in [-0.1, -0.05) is 30.8 Å². The molecule has 0 radical (unpaired) electrons. The van der Waals surface area contributed by atoms with Crippen LogP contribution in [0, 0.1) is 0 Å². The van der Waals surface area contributed by atoms with E-state index in [1.165, 1.54) is 16.5 Å². The molecular weight excluding hydrogens is 276 g/mol. The van der Waals surface area contributed by atoms with Gasteiger partial charge in [-0.3, -0.25) is 4.79 Å². The molecule has 1 N–H and O–H groups in total. The summed E-state index contributed by atoms with van der Waals surface area (Å²) in [5.74, 6) is 0.486. The first-order valence-electron chi connectivity index (χ1n) is 6.29. The predicted molar refractivity (Wildman–Crippen MR) is 82.9 cm³/mol. The quantitative estimate of drug-likeness (QED) is 0.855. The summed E-state index contributed by atoms with van der Waals surface area (Å²) in [6, 6.07) is 8.03. The fraction of sp³-hybridized carbons (Fsp3) is 0.429. The second kappa shape index (κ2) is 5.92. The third-order valence-corrected chi connectivity index (χ3v) is 5.14. The Balaban J connectivity index is 1.93. The van der Waals surface area contributed by atoms with Crippen molar-refractivity contribution in [2.75, 3.05) is 5.75 Å². The van der Waals surface area contributed by atoms with Crippen LogP contribution in [0.25, 0.3) is 10.2 Å². The van der Waals surface area contributed by atoms with Crippen molar-refractivity contribution < 1.29 is 4.79 Å². The molecule has 0 bridgehead atoms. The molecule has 0 fully saturated rings. The van der Waals surface area contributed by atoms with Crippen molar-refractivity contribution in [3.63, 3.8) is 0 Å². The van der Waals surface area contributed by atoms with E-state index in [2.05, 4.69) is 23.3 Å². The Morgan fingerprint density at radius 3 is 2.84 bits per heavy atom. The molecule has 0 aliphatic heterocycles. The number of carbonyl (C=O) groups is 1. The molecule has 2 rings (SSSR count). The van der Waals surface area contributed by atoms with Crippen LogP contribution in [0.15, 0.2) is 28.6 Å². The Morgan fingerprint density at radius 1 is 1.42 bits per heavy atom. The average Bonchev–Trinajstić information content (AvgIpc) is 2.78. The molecule has 1 amide bonds. The van der Waals surface area contributed by atoms with E-state index in [0.29, 0.717) is 5.75 Å². The van der Waals surface area contributed by atoms with Gasteiger partial charge in [0.1, 0.15) is 0 Å². The highest BCUT2D eigenvalue weighted by Gasteiger charge is 2.18. The molecule has 1 aromatic heterocycles. The van der Waals surface area contributed by atoms with Crippen molar-refractivity contribution in [1.29, 1.82) is 0 Å². The number of hydrogen-bond donors (Lipinski definition) is 1. The first kappa shape index (κ1) is 14.3. The Labute approximate surface area is 121 Å². The third-order valence-electron chi connectivity index (χ3n) is 2.96. The minimum absolute atomic E-state index is 0.0658. The second-order valence-electron chi connectivity index (χ2n) is 5.02. The number of carbonyl (C=O) groups excluding carboxylic acids is 1. The van der Waals surface area contributed by atoms with Gasteiger partial charge in [0.15, 0.2) is 4.34 Å². The van der Waals surface area contributed by atoms with E-state index in [9.17, 15) is 4.79 Å². The lowest BCUT2D eigenvalue weighted by molar-refractivity contribution is -0.120. The summed E-state index contributed by atoms with van der Waals surface area (Å²) >= 11 is 3.14. The number of thioether (sulfide) groups is 1. The summed E-state index contributed by atoms with van der Waals surface area (Å²) < 4.78 is 2.12. The van der Waals surface area contributed by atoms with Gasteiger partial charge in [-0.15, -0.1) is 11.3 Å². The van der Waals surface area contributed by atoms with Crippen LogP contribution in [0.1, 0.15) is 27.2 Å². The van der Waals surface area contributed by atoms with Crippen molar-refractivity contribution in [2.45, 2.75) is 37.1 Å². The zero-order chi connectivity index (χ0) is 13.9. The number of fused-ring (bicyclic) bond motifs is 1. The van der Waals surface area contributed by atoms with Gasteiger partial charge in [0.05, 0.1) is 16.0 Å². The molecule has 0 atom stereocenters. The van der Waals surface area contributed by atoms with Crippen molar-refractivity contribution in [1.82, 2.24) is 10.3 Å². The maximum atomic E-state index is 11.9. The number of aromatic nitrogens is 1. The van der Waals surface area contributed by atoms with E-state index >= 15 is 0 Å². The molecule has 1 aromatic carbocycles. The number of hydrogen-bond acceptors (Lipinski definition) is 4. The highest BCUT2D eigenvalue weighted by atomic mass is 32.2. The highest BCUT2D eigenvalue weighted by molar-refractivity contribution is 8.01. The van der Waals surface area contributed by atoms with Gasteiger partial charge < -0.3 is 5.32 Å². The summed E-state index contributed by atoms with van der Waals surface area (Å²) in [6.07, 6.45) is 0.921. The lowest BCUT2D eigenvalue weighted by Crippen LogP contribution is -2.43. The minimum Gasteiger partial charge on any atom is -0.351 e. The molecule has 0 unspecified atom stereocenters. The SMILES string of the molecule is CCC(C)(C)NC(=O)CSc1nc2ccccc2s1. The van der Waals surface area contributed by atoms with Crippen molar-refractivity contribution in [3.05, 3.63) is 24.3 Å². The zero-order valence-electron chi connectivity index (χ0n) is 11.4. The molecular formula is C14H18N2OS2. The normalized spacial score (nSPS) is 11.7. The maximum Gasteiger partial charge on any atom is 0.230 e. The summed E-state index contributed by atoms with van der Waals surface area (Å²) in [5.41, 5.74) is 0.870. The summed E-state index contributed by atoms with van der Waals surface area (Å²) in [6.45, 7) is 6.14. The molecule has 19 heavy (non-hydrogen) atoms. The number of amides is 1. The number of nitrogens with zero attached hydrogens (tertiary/aromatic N) is 1. The van der Waals surface area contributed by atoms with Gasteiger partial charge >= 0.3 is 0 Å². The van der Waals surface area contributed by atoms with Gasteiger partial charge in [0, 0.05) is 5.54 Å². The van der Waals surface area contributed by atoms with Crippen LogP contribution in [0.5, 0.6) is 0 Å². The van der Waals surface area contributed by atoms with Crippen LogP contribution < -0.4 is 5.32 Å². The first-order chi connectivity index (χ1) is 9.00. The van der Waals surface area contributed by atoms with Crippen LogP contribution >= 0.6 is 23.1 Å². The van der Waals surface area contributed by atoms with E-state index in [0.717, 1.165) is 16.3 Å². The fourth-order valence-corrected chi connectivity index (χ4v) is 3.41. The maximum absolute atomic E-state index is 11.9. The van der Waals surface area contributed by atoms with Gasteiger partial charge in [-0.05, 0) is 32.4 Å². The average molecular weight is 294 g/mol. The van der Waals surface area contributed by atoms with Gasteiger partial charge in [0.2, 0.25) is 5.91 Å². The Hall–Kier alpha value is -1.07. The molecule has 102 valence electrons. The standard InChI is InChI=1S/C14H18N2OS2/c1-4-14(2,3)16-12(17)9-18-13-15-10-7-5-6-8-11(10)19-13/h5-8H,4,9H2,1-3H3,(H,16,17). The van der Waals surface area contributed by atoms with Crippen molar-refractivity contribution in [2.24, 2.45) is 0 Å². The van der Waals surface area contributed by atoms with E-state index < -0.39 is 0 Å². The van der Waals surface area contributed by atoms with Gasteiger partial charge in [-0.2, -0.15) is 0 Å². The number of rotatable bonds is 5. The van der Waals surface area contributed by atoms with Crippen molar-refractivity contribution >= 4 is 39.2 Å². The highest BCUT2D eigenvalue weighted by Crippen LogP contribution is 2.29. The van der Waals surface area contributed by atoms with Crippen LogP contribution in [0.4, 0.5) is 0 Å². The Kier molecular flexibility index (Phi) is 4.47. The van der Waals surface area contributed by atoms with Crippen LogP contribution in [-0.4, -0.2) is 22.2 Å². The molecule has 2 aromatic rings. The van der Waals surface area contributed by atoms with Gasteiger partial charge in [0.25, 0.3) is 0 Å². The predicted octanol–water partition coefficient (Wildman–Crippen LogP) is 3.69. The molecule has 3 nitrogen and oxygen atoms in total. The van der Waals surface area contributed by atoms with Gasteiger partial charge in [-0.25, -0.2) is 4.98 Å². The largest absolute Gasteiger partial charge is 0.351 e. The monoisotopic (exact) mass is 294 g/mol. The number of thiazole rings is 1.